The van der Waals surface area contributed by atoms with Crippen molar-refractivity contribution in [2.45, 2.75) is 58.2 Å². The maximum absolute atomic E-state index is 12.0. The average molecular weight is 276 g/mol. The lowest BCUT2D eigenvalue weighted by atomic mass is 10.1. The molecule has 1 aromatic carbocycles. The highest BCUT2D eigenvalue weighted by Crippen LogP contribution is 2.32. The molecule has 4 heteroatoms. The number of nitrogens with two attached hydrogens (primary N) is 1. The van der Waals surface area contributed by atoms with Gasteiger partial charge in [0.15, 0.2) is 6.10 Å². The van der Waals surface area contributed by atoms with Crippen LogP contribution >= 0.6 is 0 Å². The monoisotopic (exact) mass is 276 g/mol. The maximum Gasteiger partial charge on any atom is 0.261 e. The fourth-order valence-electron chi connectivity index (χ4n) is 2.43. The van der Waals surface area contributed by atoms with Crippen molar-refractivity contribution >= 4 is 5.91 Å². The Morgan fingerprint density at radius 2 is 2.15 bits per heavy atom. The average Bonchev–Trinajstić information content (AvgIpc) is 2.68. The summed E-state index contributed by atoms with van der Waals surface area (Å²) in [6.45, 7) is 7.62. The van der Waals surface area contributed by atoms with Crippen LogP contribution in [0, 0.1) is 0 Å². The van der Waals surface area contributed by atoms with Gasteiger partial charge < -0.3 is 15.8 Å². The molecule has 3 N–H and O–H groups in total. The van der Waals surface area contributed by atoms with Gasteiger partial charge in [-0.05, 0) is 63.8 Å². The number of amides is 1. The number of aryl methyl sites for hydroxylation is 1. The molecule has 0 fully saturated rings. The van der Waals surface area contributed by atoms with E-state index in [9.17, 15) is 4.79 Å². The molecule has 1 amide bonds. The number of nitrogens with one attached hydrogen (secondary N) is 1. The summed E-state index contributed by atoms with van der Waals surface area (Å²) in [4.78, 5) is 12.0. The van der Waals surface area contributed by atoms with Crippen LogP contribution in [0.5, 0.6) is 5.75 Å². The molecule has 0 saturated carbocycles. The van der Waals surface area contributed by atoms with Gasteiger partial charge in [0.1, 0.15) is 5.75 Å². The minimum Gasteiger partial charge on any atom is -0.481 e. The van der Waals surface area contributed by atoms with Crippen LogP contribution in [0.2, 0.25) is 0 Å². The summed E-state index contributed by atoms with van der Waals surface area (Å²) in [6.07, 6.45) is 1.46. The van der Waals surface area contributed by atoms with E-state index in [-0.39, 0.29) is 17.5 Å². The van der Waals surface area contributed by atoms with Crippen LogP contribution in [0.4, 0.5) is 0 Å². The molecule has 0 aliphatic heterocycles. The van der Waals surface area contributed by atoms with Gasteiger partial charge >= 0.3 is 0 Å². The SMILES string of the molecule is CC(Oc1ccc2c(c1)CC[C@@H]2N)C(=O)NC(C)(C)C. The second-order valence-electron chi connectivity index (χ2n) is 6.51. The quantitative estimate of drug-likeness (QED) is 0.890. The minimum atomic E-state index is -0.512. The number of benzene rings is 1. The van der Waals surface area contributed by atoms with Gasteiger partial charge in [0.25, 0.3) is 5.91 Å². The predicted molar refractivity (Wildman–Crippen MR) is 79.7 cm³/mol. The maximum atomic E-state index is 12.0. The normalized spacial score (nSPS) is 19.4. The van der Waals surface area contributed by atoms with Crippen molar-refractivity contribution in [3.63, 3.8) is 0 Å². The van der Waals surface area contributed by atoms with Crippen molar-refractivity contribution in [3.8, 4) is 5.75 Å². The molecule has 0 radical (unpaired) electrons. The fraction of sp³-hybridized carbons (Fsp3) is 0.562. The largest absolute Gasteiger partial charge is 0.481 e. The number of fused-ring (bicyclic) bond motifs is 1. The highest BCUT2D eigenvalue weighted by atomic mass is 16.5. The van der Waals surface area contributed by atoms with Gasteiger partial charge in [0.2, 0.25) is 0 Å². The van der Waals surface area contributed by atoms with Crippen molar-refractivity contribution in [1.29, 1.82) is 0 Å². The third kappa shape index (κ3) is 3.51. The van der Waals surface area contributed by atoms with E-state index in [1.54, 1.807) is 6.92 Å². The Morgan fingerprint density at radius 3 is 2.80 bits per heavy atom. The molecule has 1 aliphatic rings. The summed E-state index contributed by atoms with van der Waals surface area (Å²) in [5.74, 6) is 0.629. The summed E-state index contributed by atoms with van der Waals surface area (Å²) in [7, 11) is 0. The first kappa shape index (κ1) is 14.9. The van der Waals surface area contributed by atoms with Gasteiger partial charge in [-0.25, -0.2) is 0 Å². The Balaban J connectivity index is 2.02. The summed E-state index contributed by atoms with van der Waals surface area (Å²) in [5.41, 5.74) is 8.19. The molecule has 0 heterocycles. The van der Waals surface area contributed by atoms with Crippen molar-refractivity contribution in [1.82, 2.24) is 5.32 Å². The van der Waals surface area contributed by atoms with Crippen LogP contribution in [-0.2, 0) is 11.2 Å². The first-order valence-corrected chi connectivity index (χ1v) is 7.13. The Hall–Kier alpha value is -1.55. The van der Waals surface area contributed by atoms with E-state index in [4.69, 9.17) is 10.5 Å². The zero-order valence-corrected chi connectivity index (χ0v) is 12.7. The van der Waals surface area contributed by atoms with Crippen LogP contribution in [0.3, 0.4) is 0 Å². The summed E-state index contributed by atoms with van der Waals surface area (Å²) >= 11 is 0. The zero-order chi connectivity index (χ0) is 14.9. The second kappa shape index (κ2) is 5.44. The van der Waals surface area contributed by atoms with E-state index in [1.165, 1.54) is 11.1 Å². The molecule has 0 saturated heterocycles. The molecule has 0 bridgehead atoms. The van der Waals surface area contributed by atoms with E-state index in [2.05, 4.69) is 5.32 Å². The number of carbonyl (C=O) groups excluding carboxylic acids is 1. The predicted octanol–water partition coefficient (Wildman–Crippen LogP) is 2.31. The van der Waals surface area contributed by atoms with Crippen LogP contribution in [0.15, 0.2) is 18.2 Å². The summed E-state index contributed by atoms with van der Waals surface area (Å²) in [6, 6.07) is 6.05. The Bertz CT molecular complexity index is 506. The molecule has 0 aromatic heterocycles. The number of ether oxygens (including phenoxy) is 1. The van der Waals surface area contributed by atoms with Gasteiger partial charge in [-0.15, -0.1) is 0 Å². The van der Waals surface area contributed by atoms with Gasteiger partial charge in [0, 0.05) is 11.6 Å². The molecule has 2 rings (SSSR count). The molecule has 1 aliphatic carbocycles. The van der Waals surface area contributed by atoms with E-state index < -0.39 is 6.10 Å². The second-order valence-corrected chi connectivity index (χ2v) is 6.51. The van der Waals surface area contributed by atoms with Crippen LogP contribution < -0.4 is 15.8 Å². The van der Waals surface area contributed by atoms with Gasteiger partial charge in [0.05, 0.1) is 0 Å². The van der Waals surface area contributed by atoms with E-state index in [0.717, 1.165) is 18.6 Å². The van der Waals surface area contributed by atoms with Crippen molar-refractivity contribution < 1.29 is 9.53 Å². The highest BCUT2D eigenvalue weighted by molar-refractivity contribution is 5.81. The molecular weight excluding hydrogens is 252 g/mol. The van der Waals surface area contributed by atoms with Crippen molar-refractivity contribution in [2.24, 2.45) is 5.73 Å². The molecule has 0 spiro atoms. The van der Waals surface area contributed by atoms with Gasteiger partial charge in [-0.1, -0.05) is 6.07 Å². The number of hydrogen-bond donors (Lipinski definition) is 2. The zero-order valence-electron chi connectivity index (χ0n) is 12.7. The van der Waals surface area contributed by atoms with Gasteiger partial charge in [-0.3, -0.25) is 4.79 Å². The van der Waals surface area contributed by atoms with Crippen molar-refractivity contribution in [3.05, 3.63) is 29.3 Å². The molecule has 2 atom stereocenters. The molecule has 4 nitrogen and oxygen atoms in total. The number of rotatable bonds is 3. The molecule has 1 aromatic rings. The highest BCUT2D eigenvalue weighted by Gasteiger charge is 2.22. The van der Waals surface area contributed by atoms with Crippen LogP contribution in [-0.4, -0.2) is 17.6 Å². The molecule has 1 unspecified atom stereocenters. The summed E-state index contributed by atoms with van der Waals surface area (Å²) in [5, 5.41) is 2.91. The standard InChI is InChI=1S/C16H24N2O2/c1-10(15(19)18-16(2,3)4)20-12-6-7-13-11(9-12)5-8-14(13)17/h6-7,9-10,14H,5,8,17H2,1-4H3,(H,18,19)/t10?,14-/m0/s1. The van der Waals surface area contributed by atoms with Crippen molar-refractivity contribution in [2.75, 3.05) is 0 Å². The minimum absolute atomic E-state index is 0.102. The Morgan fingerprint density at radius 1 is 1.45 bits per heavy atom. The van der Waals surface area contributed by atoms with E-state index >= 15 is 0 Å². The molecule has 20 heavy (non-hydrogen) atoms. The topological polar surface area (TPSA) is 64.3 Å². The van der Waals surface area contributed by atoms with Crippen LogP contribution in [0.1, 0.15) is 51.3 Å². The fourth-order valence-corrected chi connectivity index (χ4v) is 2.43. The van der Waals surface area contributed by atoms with Crippen LogP contribution in [0.25, 0.3) is 0 Å². The lowest BCUT2D eigenvalue weighted by Crippen LogP contribution is -2.46. The Labute approximate surface area is 120 Å². The lowest BCUT2D eigenvalue weighted by Gasteiger charge is -2.23. The first-order valence-electron chi connectivity index (χ1n) is 7.13. The van der Waals surface area contributed by atoms with Gasteiger partial charge in [-0.2, -0.15) is 0 Å². The smallest absolute Gasteiger partial charge is 0.261 e. The third-order valence-electron chi connectivity index (χ3n) is 3.42. The van der Waals surface area contributed by atoms with E-state index in [1.807, 2.05) is 39.0 Å². The Kier molecular flexibility index (Phi) is 4.04. The summed E-state index contributed by atoms with van der Waals surface area (Å²) < 4.78 is 5.73. The number of carbonyl (C=O) groups is 1. The van der Waals surface area contributed by atoms with E-state index in [0.29, 0.717) is 0 Å². The lowest BCUT2D eigenvalue weighted by molar-refractivity contribution is -0.128. The first-order chi connectivity index (χ1) is 9.26. The molecule has 110 valence electrons. The third-order valence-corrected chi connectivity index (χ3v) is 3.42. The number of hydrogen-bond acceptors (Lipinski definition) is 3. The molecular formula is C16H24N2O2.